The Morgan fingerprint density at radius 1 is 1.07 bits per heavy atom. The Bertz CT molecular complexity index is 879. The molecule has 2 aromatic carbocycles. The zero-order valence-electron chi connectivity index (χ0n) is 17.6. The van der Waals surface area contributed by atoms with Crippen LogP contribution < -0.4 is 10.2 Å². The highest BCUT2D eigenvalue weighted by Gasteiger charge is 2.47. The molecular formula is C24H29N3O3. The first-order valence-corrected chi connectivity index (χ1v) is 10.6. The fourth-order valence-electron chi connectivity index (χ4n) is 4.64. The lowest BCUT2D eigenvalue weighted by atomic mass is 9.87. The molecule has 2 heterocycles. The molecule has 6 nitrogen and oxygen atoms in total. The lowest BCUT2D eigenvalue weighted by Crippen LogP contribution is -2.62. The second-order valence-corrected chi connectivity index (χ2v) is 8.17. The van der Waals surface area contributed by atoms with Gasteiger partial charge in [-0.25, -0.2) is 0 Å². The van der Waals surface area contributed by atoms with Gasteiger partial charge in [-0.05, 0) is 37.5 Å². The minimum atomic E-state index is -0.477. The van der Waals surface area contributed by atoms with E-state index in [1.807, 2.05) is 72.5 Å². The number of carbonyl (C=O) groups is 2. The molecule has 2 saturated heterocycles. The van der Waals surface area contributed by atoms with Crippen LogP contribution in [0.4, 0.5) is 5.69 Å². The number of amides is 2. The summed E-state index contributed by atoms with van der Waals surface area (Å²) in [4.78, 5) is 29.5. The second kappa shape index (κ2) is 8.58. The van der Waals surface area contributed by atoms with Crippen molar-refractivity contribution in [1.82, 2.24) is 10.2 Å². The Hall–Kier alpha value is -2.70. The quantitative estimate of drug-likeness (QED) is 0.847. The van der Waals surface area contributed by atoms with Crippen molar-refractivity contribution in [3.05, 3.63) is 66.2 Å². The van der Waals surface area contributed by atoms with E-state index in [1.54, 1.807) is 7.05 Å². The molecule has 158 valence electrons. The van der Waals surface area contributed by atoms with Crippen LogP contribution in [0.3, 0.4) is 0 Å². The van der Waals surface area contributed by atoms with Crippen LogP contribution in [0, 0.1) is 0 Å². The van der Waals surface area contributed by atoms with E-state index in [4.69, 9.17) is 4.74 Å². The molecule has 0 aliphatic carbocycles. The molecule has 1 N–H and O–H groups in total. The topological polar surface area (TPSA) is 61.9 Å². The normalized spacial score (nSPS) is 22.7. The smallest absolute Gasteiger partial charge is 0.255 e. The maximum atomic E-state index is 12.8. The van der Waals surface area contributed by atoms with Crippen LogP contribution in [0.15, 0.2) is 60.7 Å². The van der Waals surface area contributed by atoms with Crippen LogP contribution in [0.25, 0.3) is 0 Å². The number of morpholine rings is 1. The number of hydrogen-bond donors (Lipinski definition) is 1. The van der Waals surface area contributed by atoms with Gasteiger partial charge < -0.3 is 15.0 Å². The molecule has 2 atom stereocenters. The summed E-state index contributed by atoms with van der Waals surface area (Å²) in [6.45, 7) is 3.85. The molecule has 2 aliphatic rings. The Kier molecular flexibility index (Phi) is 5.88. The maximum Gasteiger partial charge on any atom is 0.255 e. The number of anilines is 1. The molecule has 4 rings (SSSR count). The van der Waals surface area contributed by atoms with Crippen molar-refractivity contribution in [2.45, 2.75) is 37.5 Å². The van der Waals surface area contributed by atoms with Crippen LogP contribution in [-0.4, -0.2) is 55.1 Å². The molecule has 0 radical (unpaired) electrons. The third-order valence-electron chi connectivity index (χ3n) is 6.24. The van der Waals surface area contributed by atoms with Crippen molar-refractivity contribution in [1.29, 1.82) is 0 Å². The molecule has 2 amide bonds. The first-order valence-electron chi connectivity index (χ1n) is 10.6. The summed E-state index contributed by atoms with van der Waals surface area (Å²) in [5, 5.41) is 2.81. The van der Waals surface area contributed by atoms with Crippen molar-refractivity contribution < 1.29 is 14.3 Å². The number of nitrogens with one attached hydrogen (secondary N) is 1. The predicted molar refractivity (Wildman–Crippen MR) is 116 cm³/mol. The van der Waals surface area contributed by atoms with Crippen molar-refractivity contribution >= 4 is 17.5 Å². The summed E-state index contributed by atoms with van der Waals surface area (Å²) >= 11 is 0. The number of benzene rings is 2. The summed E-state index contributed by atoms with van der Waals surface area (Å²) in [7, 11) is 1.68. The lowest BCUT2D eigenvalue weighted by Gasteiger charge is -2.49. The number of rotatable bonds is 4. The molecule has 0 bridgehead atoms. The van der Waals surface area contributed by atoms with Gasteiger partial charge in [0.25, 0.3) is 5.91 Å². The summed E-state index contributed by atoms with van der Waals surface area (Å²) in [6, 6.07) is 19.4. The molecule has 2 aromatic rings. The minimum absolute atomic E-state index is 0.00165. The summed E-state index contributed by atoms with van der Waals surface area (Å²) in [5.74, 6) is -0.00190. The Morgan fingerprint density at radius 2 is 1.67 bits per heavy atom. The molecule has 2 fully saturated rings. The van der Waals surface area contributed by atoms with E-state index >= 15 is 0 Å². The molecule has 0 saturated carbocycles. The molecule has 0 aromatic heterocycles. The van der Waals surface area contributed by atoms with Gasteiger partial charge in [-0.2, -0.15) is 0 Å². The number of hydrogen-bond acceptors (Lipinski definition) is 4. The van der Waals surface area contributed by atoms with E-state index in [0.29, 0.717) is 6.54 Å². The highest BCUT2D eigenvalue weighted by molar-refractivity contribution is 5.97. The number of piperidine rings is 1. The van der Waals surface area contributed by atoms with Crippen LogP contribution in [0.2, 0.25) is 0 Å². The molecule has 2 aliphatic heterocycles. The van der Waals surface area contributed by atoms with Gasteiger partial charge in [-0.1, -0.05) is 48.5 Å². The number of nitrogens with zero attached hydrogens (tertiary/aromatic N) is 2. The second-order valence-electron chi connectivity index (χ2n) is 8.17. The van der Waals surface area contributed by atoms with Crippen LogP contribution in [-0.2, 0) is 14.3 Å². The number of carbonyl (C=O) groups excluding carboxylic acids is 2. The van der Waals surface area contributed by atoms with Crippen molar-refractivity contribution in [3.8, 4) is 0 Å². The fraction of sp³-hybridized carbons (Fsp3) is 0.417. The average molecular weight is 408 g/mol. The van der Waals surface area contributed by atoms with E-state index in [1.165, 1.54) is 0 Å². The van der Waals surface area contributed by atoms with E-state index in [9.17, 15) is 9.59 Å². The highest BCUT2D eigenvalue weighted by Crippen LogP contribution is 2.37. The Morgan fingerprint density at radius 3 is 2.27 bits per heavy atom. The third-order valence-corrected chi connectivity index (χ3v) is 6.24. The maximum absolute atomic E-state index is 12.8. The third kappa shape index (κ3) is 3.98. The summed E-state index contributed by atoms with van der Waals surface area (Å²) in [5.41, 5.74) is 1.52. The number of likely N-dealkylation sites (N-methyl/N-ethyl adjacent to an activating group) is 1. The van der Waals surface area contributed by atoms with Crippen molar-refractivity contribution in [2.24, 2.45) is 0 Å². The zero-order chi connectivity index (χ0) is 21.1. The van der Waals surface area contributed by atoms with E-state index in [-0.39, 0.29) is 23.5 Å². The van der Waals surface area contributed by atoms with Gasteiger partial charge in [0.05, 0.1) is 12.1 Å². The predicted octanol–water partition coefficient (Wildman–Crippen LogP) is 2.76. The number of ether oxygens (including phenoxy) is 1. The minimum Gasteiger partial charge on any atom is -0.360 e. The standard InChI is InChI=1S/C24H29N3O3/c1-18-23(29)27(20-11-7-4-8-12-20)17-24(30-18)13-15-26(16-14-24)21(22(28)25-2)19-9-5-3-6-10-19/h3-12,18,21H,13-17H2,1-2H3,(H,25,28). The van der Waals surface area contributed by atoms with E-state index < -0.39 is 6.10 Å². The van der Waals surface area contributed by atoms with Gasteiger partial charge in [0.2, 0.25) is 5.91 Å². The lowest BCUT2D eigenvalue weighted by molar-refractivity contribution is -0.163. The first-order chi connectivity index (χ1) is 14.5. The summed E-state index contributed by atoms with van der Waals surface area (Å²) < 4.78 is 6.28. The highest BCUT2D eigenvalue weighted by atomic mass is 16.5. The van der Waals surface area contributed by atoms with Crippen molar-refractivity contribution in [3.63, 3.8) is 0 Å². The molecular weight excluding hydrogens is 378 g/mol. The van der Waals surface area contributed by atoms with Gasteiger partial charge in [0.1, 0.15) is 12.1 Å². The number of para-hydroxylation sites is 1. The largest absolute Gasteiger partial charge is 0.360 e. The average Bonchev–Trinajstić information content (AvgIpc) is 2.79. The molecule has 6 heteroatoms. The van der Waals surface area contributed by atoms with Crippen LogP contribution in [0.1, 0.15) is 31.4 Å². The first kappa shape index (κ1) is 20.6. The van der Waals surface area contributed by atoms with Gasteiger partial charge in [0, 0.05) is 25.8 Å². The van der Waals surface area contributed by atoms with Gasteiger partial charge >= 0.3 is 0 Å². The van der Waals surface area contributed by atoms with Crippen molar-refractivity contribution in [2.75, 3.05) is 31.6 Å². The van der Waals surface area contributed by atoms with Crippen LogP contribution >= 0.6 is 0 Å². The SMILES string of the molecule is CNC(=O)C(c1ccccc1)N1CCC2(CC1)CN(c1ccccc1)C(=O)C(C)O2. The summed E-state index contributed by atoms with van der Waals surface area (Å²) in [6.07, 6.45) is 1.07. The molecule has 30 heavy (non-hydrogen) atoms. The van der Waals surface area contributed by atoms with Gasteiger partial charge in [-0.15, -0.1) is 0 Å². The zero-order valence-corrected chi connectivity index (χ0v) is 17.6. The van der Waals surface area contributed by atoms with Gasteiger partial charge in [0.15, 0.2) is 0 Å². The number of likely N-dealkylation sites (tertiary alicyclic amines) is 1. The molecule has 2 unspecified atom stereocenters. The van der Waals surface area contributed by atoms with E-state index in [0.717, 1.165) is 37.2 Å². The van der Waals surface area contributed by atoms with E-state index in [2.05, 4.69) is 10.2 Å². The molecule has 1 spiro atoms. The monoisotopic (exact) mass is 407 g/mol. The fourth-order valence-corrected chi connectivity index (χ4v) is 4.64. The Balaban J connectivity index is 1.52. The Labute approximate surface area is 177 Å². The van der Waals surface area contributed by atoms with Gasteiger partial charge in [-0.3, -0.25) is 14.5 Å². The van der Waals surface area contributed by atoms with Crippen LogP contribution in [0.5, 0.6) is 0 Å².